The molecule has 2 rings (SSSR count). The molecule has 19 heavy (non-hydrogen) atoms. The summed E-state index contributed by atoms with van der Waals surface area (Å²) in [6.07, 6.45) is 0. The maximum Gasteiger partial charge on any atom is 0.153 e. The summed E-state index contributed by atoms with van der Waals surface area (Å²) >= 11 is 5.16. The van der Waals surface area contributed by atoms with E-state index in [1.807, 2.05) is 19.2 Å². The van der Waals surface area contributed by atoms with Crippen molar-refractivity contribution in [2.45, 2.75) is 17.9 Å². The predicted molar refractivity (Wildman–Crippen MR) is 80.7 cm³/mol. The summed E-state index contributed by atoms with van der Waals surface area (Å²) < 4.78 is 2.45. The quantitative estimate of drug-likeness (QED) is 0.495. The van der Waals surface area contributed by atoms with E-state index in [1.54, 1.807) is 16.4 Å². The Morgan fingerprint density at radius 1 is 1.47 bits per heavy atom. The molecule has 5 nitrogen and oxygen atoms in total. The number of nitrogens with one attached hydrogen (secondary N) is 1. The van der Waals surface area contributed by atoms with Crippen molar-refractivity contribution in [2.75, 3.05) is 5.75 Å². The van der Waals surface area contributed by atoms with Crippen molar-refractivity contribution in [1.82, 2.24) is 20.4 Å². The lowest BCUT2D eigenvalue weighted by molar-refractivity contribution is 0.549. The summed E-state index contributed by atoms with van der Waals surface area (Å²) in [7, 11) is 1.86. The van der Waals surface area contributed by atoms with Gasteiger partial charge in [-0.05, 0) is 34.5 Å². The molecule has 0 aliphatic carbocycles. The van der Waals surface area contributed by atoms with Crippen molar-refractivity contribution >= 4 is 27.7 Å². The van der Waals surface area contributed by atoms with Gasteiger partial charge in [0.1, 0.15) is 0 Å². The first-order chi connectivity index (χ1) is 9.13. The highest BCUT2D eigenvalue weighted by molar-refractivity contribution is 9.10. The van der Waals surface area contributed by atoms with Crippen LogP contribution >= 0.6 is 27.7 Å². The molecule has 1 unspecified atom stereocenters. The van der Waals surface area contributed by atoms with Gasteiger partial charge in [0.05, 0.1) is 11.7 Å². The summed E-state index contributed by atoms with van der Waals surface area (Å²) in [5, 5.41) is 7.95. The number of halogens is 1. The van der Waals surface area contributed by atoms with Crippen molar-refractivity contribution in [2.24, 2.45) is 12.9 Å². The van der Waals surface area contributed by atoms with E-state index >= 15 is 0 Å². The van der Waals surface area contributed by atoms with Crippen LogP contribution in [-0.4, -0.2) is 20.7 Å². The summed E-state index contributed by atoms with van der Waals surface area (Å²) in [6, 6.07) is 8.29. The van der Waals surface area contributed by atoms with Gasteiger partial charge in [-0.1, -0.05) is 23.4 Å². The molecule has 0 saturated carbocycles. The Bertz CT molecular complexity index is 537. The number of rotatable bonds is 5. The molecular weight excluding hydrogens is 326 g/mol. The molecule has 0 aliphatic rings. The monoisotopic (exact) mass is 341 g/mol. The van der Waals surface area contributed by atoms with Gasteiger partial charge in [-0.3, -0.25) is 11.3 Å². The number of aromatic nitrogens is 3. The van der Waals surface area contributed by atoms with Crippen molar-refractivity contribution in [1.29, 1.82) is 0 Å². The molecule has 0 saturated heterocycles. The Morgan fingerprint density at radius 2 is 2.21 bits per heavy atom. The molecule has 102 valence electrons. The highest BCUT2D eigenvalue weighted by atomic mass is 79.9. The second-order valence-corrected chi connectivity index (χ2v) is 6.00. The van der Waals surface area contributed by atoms with Gasteiger partial charge < -0.3 is 0 Å². The van der Waals surface area contributed by atoms with Gasteiger partial charge in [-0.25, -0.2) is 4.68 Å². The topological polar surface area (TPSA) is 68.8 Å². The average molecular weight is 342 g/mol. The zero-order valence-electron chi connectivity index (χ0n) is 10.8. The zero-order chi connectivity index (χ0) is 13.8. The zero-order valence-corrected chi connectivity index (χ0v) is 13.2. The lowest BCUT2D eigenvalue weighted by Gasteiger charge is -2.16. The van der Waals surface area contributed by atoms with E-state index in [2.05, 4.69) is 50.7 Å². The van der Waals surface area contributed by atoms with E-state index in [4.69, 9.17) is 5.84 Å². The van der Waals surface area contributed by atoms with Gasteiger partial charge in [-0.2, -0.15) is 0 Å². The van der Waals surface area contributed by atoms with Crippen LogP contribution in [0.3, 0.4) is 0 Å². The molecule has 0 radical (unpaired) electrons. The minimum Gasteiger partial charge on any atom is -0.271 e. The Kier molecular flexibility index (Phi) is 4.98. The van der Waals surface area contributed by atoms with Crippen LogP contribution in [0, 0.1) is 6.92 Å². The van der Waals surface area contributed by atoms with Gasteiger partial charge >= 0.3 is 0 Å². The van der Waals surface area contributed by atoms with E-state index < -0.39 is 0 Å². The van der Waals surface area contributed by atoms with E-state index in [1.165, 1.54) is 10.5 Å². The molecule has 0 fully saturated rings. The first-order valence-electron chi connectivity index (χ1n) is 5.83. The van der Waals surface area contributed by atoms with E-state index in [0.29, 0.717) is 0 Å². The largest absolute Gasteiger partial charge is 0.271 e. The van der Waals surface area contributed by atoms with E-state index in [9.17, 15) is 0 Å². The molecule has 1 atom stereocenters. The molecule has 1 heterocycles. The lowest BCUT2D eigenvalue weighted by atomic mass is 10.2. The number of aryl methyl sites for hydroxylation is 2. The van der Waals surface area contributed by atoms with Gasteiger partial charge in [-0.15, -0.1) is 16.9 Å². The molecule has 7 heteroatoms. The Balaban J connectivity index is 2.11. The van der Waals surface area contributed by atoms with E-state index in [-0.39, 0.29) is 6.04 Å². The molecule has 0 amide bonds. The molecular formula is C12H16BrN5S. The number of hydrogen-bond donors (Lipinski definition) is 2. The van der Waals surface area contributed by atoms with Crippen molar-refractivity contribution in [3.8, 4) is 0 Å². The first-order valence-corrected chi connectivity index (χ1v) is 7.61. The third kappa shape index (κ3) is 3.36. The Labute approximate surface area is 125 Å². The van der Waals surface area contributed by atoms with Crippen LogP contribution < -0.4 is 11.3 Å². The smallest absolute Gasteiger partial charge is 0.153 e. The second kappa shape index (κ2) is 6.51. The second-order valence-electron chi connectivity index (χ2n) is 4.18. The van der Waals surface area contributed by atoms with Crippen LogP contribution in [0.25, 0.3) is 0 Å². The molecule has 1 aromatic heterocycles. The van der Waals surface area contributed by atoms with Crippen molar-refractivity contribution in [3.05, 3.63) is 40.1 Å². The van der Waals surface area contributed by atoms with Crippen molar-refractivity contribution in [3.63, 3.8) is 0 Å². The fraction of sp³-hybridized carbons (Fsp3) is 0.333. The minimum atomic E-state index is -0.0148. The van der Waals surface area contributed by atoms with Gasteiger partial charge in [0.2, 0.25) is 0 Å². The number of hydrazine groups is 1. The third-order valence-corrected chi connectivity index (χ3v) is 4.69. The average Bonchev–Trinajstić information content (AvgIpc) is 2.73. The number of nitrogens with two attached hydrogens (primary N) is 1. The highest BCUT2D eigenvalue weighted by Gasteiger charge is 2.19. The number of thioether (sulfide) groups is 1. The Morgan fingerprint density at radius 3 is 2.79 bits per heavy atom. The lowest BCUT2D eigenvalue weighted by Crippen LogP contribution is -2.31. The maximum absolute atomic E-state index is 5.65. The molecule has 3 N–H and O–H groups in total. The van der Waals surface area contributed by atoms with Crippen LogP contribution in [0.5, 0.6) is 0 Å². The highest BCUT2D eigenvalue weighted by Crippen LogP contribution is 2.28. The van der Waals surface area contributed by atoms with Crippen LogP contribution in [0.2, 0.25) is 0 Å². The maximum atomic E-state index is 5.65. The van der Waals surface area contributed by atoms with Gasteiger partial charge in [0.15, 0.2) is 4.60 Å². The summed E-state index contributed by atoms with van der Waals surface area (Å²) in [5.41, 5.74) is 5.04. The standard InChI is InChI=1S/C12H16BrN5S/c1-8-5-3-4-6-10(8)19-7-9(15-14)11-12(13)16-17-18(11)2/h3-6,9,15H,7,14H2,1-2H3. The Hall–Kier alpha value is -0.890. The normalized spacial score (nSPS) is 12.6. The SMILES string of the molecule is Cc1ccccc1SCC(NN)c1c(Br)nnn1C. The van der Waals surface area contributed by atoms with Crippen LogP contribution in [0.1, 0.15) is 17.3 Å². The summed E-state index contributed by atoms with van der Waals surface area (Å²) in [6.45, 7) is 2.11. The van der Waals surface area contributed by atoms with Gasteiger partial charge in [0.25, 0.3) is 0 Å². The number of hydrogen-bond acceptors (Lipinski definition) is 5. The van der Waals surface area contributed by atoms with Crippen LogP contribution in [0.4, 0.5) is 0 Å². The first kappa shape index (κ1) is 14.5. The molecule has 0 spiro atoms. The fourth-order valence-electron chi connectivity index (χ4n) is 1.81. The van der Waals surface area contributed by atoms with E-state index in [0.717, 1.165) is 16.0 Å². The molecule has 0 bridgehead atoms. The molecule has 2 aromatic rings. The van der Waals surface area contributed by atoms with Crippen molar-refractivity contribution < 1.29 is 0 Å². The van der Waals surface area contributed by atoms with Gasteiger partial charge in [0, 0.05) is 17.7 Å². The number of nitrogens with zero attached hydrogens (tertiary/aromatic N) is 3. The number of benzene rings is 1. The molecule has 1 aromatic carbocycles. The fourth-order valence-corrected chi connectivity index (χ4v) is 3.48. The third-order valence-electron chi connectivity index (χ3n) is 2.86. The predicted octanol–water partition coefficient (Wildman–Crippen LogP) is 2.18. The minimum absolute atomic E-state index is 0.0148. The van der Waals surface area contributed by atoms with Crippen LogP contribution in [-0.2, 0) is 7.05 Å². The summed E-state index contributed by atoms with van der Waals surface area (Å²) in [5.74, 6) is 6.46. The molecule has 0 aliphatic heterocycles. The van der Waals surface area contributed by atoms with Crippen LogP contribution in [0.15, 0.2) is 33.8 Å². The summed E-state index contributed by atoms with van der Waals surface area (Å²) in [4.78, 5) is 1.26.